The van der Waals surface area contributed by atoms with E-state index in [2.05, 4.69) is 5.32 Å². The molecule has 1 amide bonds. The van der Waals surface area contributed by atoms with E-state index < -0.39 is 13.7 Å². The number of hydrogen-bond donors (Lipinski definition) is 3. The van der Waals surface area contributed by atoms with E-state index in [0.29, 0.717) is 11.1 Å². The van der Waals surface area contributed by atoms with Crippen LogP contribution in [0, 0.1) is 6.92 Å². The molecule has 0 heterocycles. The van der Waals surface area contributed by atoms with Crippen LogP contribution >= 0.6 is 7.82 Å². The van der Waals surface area contributed by atoms with Gasteiger partial charge in [0.15, 0.2) is 0 Å². The van der Waals surface area contributed by atoms with Gasteiger partial charge >= 0.3 is 7.82 Å². The Kier molecular flexibility index (Phi) is 4.59. The van der Waals surface area contributed by atoms with Crippen LogP contribution in [-0.4, -0.2) is 15.7 Å². The van der Waals surface area contributed by atoms with Gasteiger partial charge in [0.1, 0.15) is 5.75 Å². The molecule has 0 aliphatic rings. The number of carbonyl (C=O) groups excluding carboxylic acids is 1. The molecule has 0 spiro atoms. The number of phosphoric acid groups is 1. The first-order valence-corrected chi connectivity index (χ1v) is 9.01. The summed E-state index contributed by atoms with van der Waals surface area (Å²) in [6.07, 6.45) is 0. The summed E-state index contributed by atoms with van der Waals surface area (Å²) in [5.41, 5.74) is 1.53. The molecule has 0 atom stereocenters. The first-order chi connectivity index (χ1) is 11.8. The topological polar surface area (TPSA) is 95.9 Å². The van der Waals surface area contributed by atoms with Crippen molar-refractivity contribution in [3.63, 3.8) is 0 Å². The second-order valence-corrected chi connectivity index (χ2v) is 6.71. The summed E-state index contributed by atoms with van der Waals surface area (Å²) in [5.74, 6) is -0.679. The van der Waals surface area contributed by atoms with Crippen molar-refractivity contribution in [3.05, 3.63) is 71.8 Å². The predicted octanol–water partition coefficient (Wildman–Crippen LogP) is 3.87. The molecule has 0 saturated heterocycles. The zero-order valence-electron chi connectivity index (χ0n) is 13.3. The van der Waals surface area contributed by atoms with Gasteiger partial charge in [-0.2, -0.15) is 0 Å². The summed E-state index contributed by atoms with van der Waals surface area (Å²) in [6, 6.07) is 17.4. The minimum absolute atomic E-state index is 0.0466. The zero-order chi connectivity index (χ0) is 18.0. The van der Waals surface area contributed by atoms with Gasteiger partial charge in [-0.05, 0) is 41.5 Å². The van der Waals surface area contributed by atoms with Crippen molar-refractivity contribution in [1.29, 1.82) is 0 Å². The van der Waals surface area contributed by atoms with Gasteiger partial charge in [0.05, 0.1) is 5.56 Å². The third kappa shape index (κ3) is 4.06. The molecule has 3 aromatic carbocycles. The van der Waals surface area contributed by atoms with E-state index in [1.54, 1.807) is 36.4 Å². The molecule has 0 unspecified atom stereocenters. The Bertz CT molecular complexity index is 996. The average molecular weight is 357 g/mol. The summed E-state index contributed by atoms with van der Waals surface area (Å²) >= 11 is 0. The van der Waals surface area contributed by atoms with E-state index in [1.165, 1.54) is 6.07 Å². The lowest BCUT2D eigenvalue weighted by Crippen LogP contribution is -2.14. The quantitative estimate of drug-likeness (QED) is 0.616. The van der Waals surface area contributed by atoms with Gasteiger partial charge in [0.25, 0.3) is 5.91 Å². The number of benzene rings is 3. The third-order valence-electron chi connectivity index (χ3n) is 3.70. The normalized spacial score (nSPS) is 11.3. The molecule has 0 aliphatic carbocycles. The highest BCUT2D eigenvalue weighted by Gasteiger charge is 2.22. The molecule has 128 valence electrons. The summed E-state index contributed by atoms with van der Waals surface area (Å²) < 4.78 is 16.0. The number of phosphoric ester groups is 1. The number of hydrogen-bond acceptors (Lipinski definition) is 3. The molecule has 6 nitrogen and oxygen atoms in total. The number of fused-ring (bicyclic) bond motifs is 1. The lowest BCUT2D eigenvalue weighted by molar-refractivity contribution is 0.102. The first kappa shape index (κ1) is 17.2. The molecule has 0 bridgehead atoms. The monoisotopic (exact) mass is 357 g/mol. The van der Waals surface area contributed by atoms with Crippen LogP contribution in [0.2, 0.25) is 0 Å². The maximum Gasteiger partial charge on any atom is 0.524 e. The van der Waals surface area contributed by atoms with Crippen LogP contribution in [0.25, 0.3) is 10.8 Å². The molecule has 0 aromatic heterocycles. The van der Waals surface area contributed by atoms with Crippen LogP contribution in [0.5, 0.6) is 5.75 Å². The Morgan fingerprint density at radius 3 is 2.24 bits per heavy atom. The lowest BCUT2D eigenvalue weighted by atomic mass is 10.1. The smallest absolute Gasteiger partial charge is 0.403 e. The highest BCUT2D eigenvalue weighted by molar-refractivity contribution is 7.46. The van der Waals surface area contributed by atoms with Crippen LogP contribution in [0.3, 0.4) is 0 Å². The van der Waals surface area contributed by atoms with Crippen molar-refractivity contribution in [2.24, 2.45) is 0 Å². The predicted molar refractivity (Wildman–Crippen MR) is 95.8 cm³/mol. The van der Waals surface area contributed by atoms with Crippen molar-refractivity contribution in [3.8, 4) is 5.75 Å². The maximum absolute atomic E-state index is 12.7. The van der Waals surface area contributed by atoms with E-state index >= 15 is 0 Å². The molecule has 3 N–H and O–H groups in total. The highest BCUT2D eigenvalue weighted by Crippen LogP contribution is 2.40. The average Bonchev–Trinajstić information content (AvgIpc) is 2.55. The Morgan fingerprint density at radius 1 is 1.00 bits per heavy atom. The number of aryl methyl sites for hydroxylation is 1. The Hall–Kier alpha value is -2.66. The summed E-state index contributed by atoms with van der Waals surface area (Å²) in [4.78, 5) is 31.0. The zero-order valence-corrected chi connectivity index (χ0v) is 14.2. The molecule has 25 heavy (non-hydrogen) atoms. The van der Waals surface area contributed by atoms with Crippen molar-refractivity contribution in [1.82, 2.24) is 0 Å². The van der Waals surface area contributed by atoms with Crippen LogP contribution in [0.15, 0.2) is 60.7 Å². The van der Waals surface area contributed by atoms with Crippen molar-refractivity contribution < 1.29 is 23.7 Å². The molecular weight excluding hydrogens is 341 g/mol. The van der Waals surface area contributed by atoms with Crippen LogP contribution < -0.4 is 9.84 Å². The molecular formula is C18H16NO5P. The molecule has 0 fully saturated rings. The Labute approximate surface area is 144 Å². The number of carbonyl (C=O) groups is 1. The summed E-state index contributed by atoms with van der Waals surface area (Å²) in [7, 11) is -4.80. The van der Waals surface area contributed by atoms with E-state index in [4.69, 9.17) is 14.3 Å². The molecule has 7 heteroatoms. The number of anilines is 1. The number of rotatable bonds is 4. The standard InChI is InChI=1S/C18H16NO5P/c1-12-6-2-5-9-16(12)19-18(20)15-10-13-7-3-4-8-14(13)11-17(15)24-25(21,22)23/h2-11H,1H3,(H,19,20)(H2,21,22,23). The van der Waals surface area contributed by atoms with Crippen LogP contribution in [0.1, 0.15) is 15.9 Å². The third-order valence-corrected chi connectivity index (χ3v) is 4.14. The highest BCUT2D eigenvalue weighted by atomic mass is 31.2. The van der Waals surface area contributed by atoms with Crippen molar-refractivity contribution >= 4 is 30.2 Å². The van der Waals surface area contributed by atoms with Gasteiger partial charge in [0.2, 0.25) is 0 Å². The largest absolute Gasteiger partial charge is 0.524 e. The molecule has 0 radical (unpaired) electrons. The number of amides is 1. The number of para-hydroxylation sites is 1. The van der Waals surface area contributed by atoms with Gasteiger partial charge in [-0.15, -0.1) is 0 Å². The SMILES string of the molecule is Cc1ccccc1NC(=O)c1cc2ccccc2cc1OP(=O)(O)O. The molecule has 3 rings (SSSR count). The Balaban J connectivity index is 2.06. The van der Waals surface area contributed by atoms with Crippen molar-refractivity contribution in [2.75, 3.05) is 5.32 Å². The molecule has 0 aliphatic heterocycles. The fourth-order valence-corrected chi connectivity index (χ4v) is 2.91. The van der Waals surface area contributed by atoms with Gasteiger partial charge in [0, 0.05) is 5.69 Å². The molecule has 3 aromatic rings. The minimum atomic E-state index is -4.80. The van der Waals surface area contributed by atoms with E-state index in [1.807, 2.05) is 25.1 Å². The molecule has 0 saturated carbocycles. The summed E-state index contributed by atoms with van der Waals surface area (Å²) in [6.45, 7) is 1.85. The van der Waals surface area contributed by atoms with E-state index in [0.717, 1.165) is 10.9 Å². The van der Waals surface area contributed by atoms with Gasteiger partial charge in [-0.25, -0.2) is 4.57 Å². The van der Waals surface area contributed by atoms with Crippen molar-refractivity contribution in [2.45, 2.75) is 6.92 Å². The maximum atomic E-state index is 12.7. The second-order valence-electron chi connectivity index (χ2n) is 5.55. The van der Waals surface area contributed by atoms with Crippen LogP contribution in [-0.2, 0) is 4.57 Å². The van der Waals surface area contributed by atoms with Gasteiger partial charge < -0.3 is 9.84 Å². The number of nitrogens with one attached hydrogen (secondary N) is 1. The Morgan fingerprint density at radius 2 is 1.60 bits per heavy atom. The van der Waals surface area contributed by atoms with Gasteiger partial charge in [-0.1, -0.05) is 42.5 Å². The van der Waals surface area contributed by atoms with E-state index in [9.17, 15) is 9.36 Å². The van der Waals surface area contributed by atoms with Gasteiger partial charge in [-0.3, -0.25) is 14.6 Å². The van der Waals surface area contributed by atoms with E-state index in [-0.39, 0.29) is 11.3 Å². The van der Waals surface area contributed by atoms with Crippen LogP contribution in [0.4, 0.5) is 5.69 Å². The fourth-order valence-electron chi connectivity index (χ4n) is 2.50. The summed E-state index contributed by atoms with van der Waals surface area (Å²) in [5, 5.41) is 4.21. The minimum Gasteiger partial charge on any atom is -0.403 e. The lowest BCUT2D eigenvalue weighted by Gasteiger charge is -2.14. The second kappa shape index (κ2) is 6.69. The first-order valence-electron chi connectivity index (χ1n) is 7.48. The fraction of sp³-hybridized carbons (Fsp3) is 0.0556.